The third-order valence-corrected chi connectivity index (χ3v) is 4.20. The summed E-state index contributed by atoms with van der Waals surface area (Å²) in [6, 6.07) is 0.554. The molecule has 0 saturated carbocycles. The number of carbonyl (C=O) groups excluding carboxylic acids is 1. The van der Waals surface area contributed by atoms with Crippen LogP contribution in [0, 0.1) is 0 Å². The van der Waals surface area contributed by atoms with Gasteiger partial charge in [0.25, 0.3) is 0 Å². The molecule has 2 heterocycles. The Kier molecular flexibility index (Phi) is 3.79. The van der Waals surface area contributed by atoms with Gasteiger partial charge in [-0.15, -0.1) is 11.3 Å². The lowest BCUT2D eigenvalue weighted by atomic mass is 10.2. The molecule has 1 atom stereocenters. The first kappa shape index (κ1) is 12.5. The highest BCUT2D eigenvalue weighted by Crippen LogP contribution is 2.23. The first-order valence-electron chi connectivity index (χ1n) is 6.07. The van der Waals surface area contributed by atoms with Gasteiger partial charge in [-0.2, -0.15) is 0 Å². The molecule has 5 heteroatoms. The number of hydrogen-bond acceptors (Lipinski definition) is 5. The highest BCUT2D eigenvalue weighted by atomic mass is 32.1. The summed E-state index contributed by atoms with van der Waals surface area (Å²) in [7, 11) is 0. The minimum Gasteiger partial charge on any atom is -0.345 e. The zero-order valence-corrected chi connectivity index (χ0v) is 11.5. The molecule has 1 unspecified atom stereocenters. The van der Waals surface area contributed by atoms with Crippen LogP contribution in [0.1, 0.15) is 31.3 Å². The van der Waals surface area contributed by atoms with Gasteiger partial charge in [-0.1, -0.05) is 6.92 Å². The van der Waals surface area contributed by atoms with E-state index in [4.69, 9.17) is 0 Å². The maximum absolute atomic E-state index is 11.2. The summed E-state index contributed by atoms with van der Waals surface area (Å²) in [5.74, 6) is 0.0488. The average Bonchev–Trinajstić information content (AvgIpc) is 2.78. The fourth-order valence-corrected chi connectivity index (χ4v) is 3.11. The topological polar surface area (TPSA) is 36.4 Å². The van der Waals surface area contributed by atoms with E-state index in [0.29, 0.717) is 11.7 Å². The third-order valence-electron chi connectivity index (χ3n) is 3.29. The molecule has 4 nitrogen and oxygen atoms in total. The summed E-state index contributed by atoms with van der Waals surface area (Å²) < 4.78 is 0. The molecule has 1 aliphatic rings. The van der Waals surface area contributed by atoms with E-state index in [1.807, 2.05) is 5.38 Å². The van der Waals surface area contributed by atoms with Crippen LogP contribution in [0.15, 0.2) is 5.38 Å². The van der Waals surface area contributed by atoms with E-state index in [0.717, 1.165) is 31.3 Å². The number of carbonyl (C=O) groups is 1. The number of hydrogen-bond donors (Lipinski definition) is 0. The van der Waals surface area contributed by atoms with Crippen LogP contribution in [0.2, 0.25) is 0 Å². The minimum atomic E-state index is 0.0488. The van der Waals surface area contributed by atoms with Gasteiger partial charge in [0.1, 0.15) is 5.69 Å². The fourth-order valence-electron chi connectivity index (χ4n) is 2.21. The summed E-state index contributed by atoms with van der Waals surface area (Å²) in [6.45, 7) is 10.2. The van der Waals surface area contributed by atoms with Gasteiger partial charge < -0.3 is 4.90 Å². The Morgan fingerprint density at radius 2 is 2.35 bits per heavy atom. The Bertz CT molecular complexity index is 404. The number of anilines is 1. The molecule has 17 heavy (non-hydrogen) atoms. The molecule has 1 fully saturated rings. The third kappa shape index (κ3) is 2.66. The van der Waals surface area contributed by atoms with E-state index >= 15 is 0 Å². The van der Waals surface area contributed by atoms with Crippen molar-refractivity contribution in [3.05, 3.63) is 11.1 Å². The predicted molar refractivity (Wildman–Crippen MR) is 71.0 cm³/mol. The molecule has 1 aromatic heterocycles. The average molecular weight is 253 g/mol. The summed E-state index contributed by atoms with van der Waals surface area (Å²) >= 11 is 1.57. The summed E-state index contributed by atoms with van der Waals surface area (Å²) in [6.07, 6.45) is 0. The zero-order chi connectivity index (χ0) is 12.4. The number of aromatic nitrogens is 1. The van der Waals surface area contributed by atoms with E-state index < -0.39 is 0 Å². The largest absolute Gasteiger partial charge is 0.345 e. The molecule has 94 valence electrons. The molecule has 0 radical (unpaired) electrons. The molecule has 1 aromatic rings. The second kappa shape index (κ2) is 5.14. The minimum absolute atomic E-state index is 0.0488. The molecule has 0 bridgehead atoms. The van der Waals surface area contributed by atoms with Gasteiger partial charge in [-0.05, 0) is 13.5 Å². The number of ketones is 1. The van der Waals surface area contributed by atoms with E-state index in [1.54, 1.807) is 18.3 Å². The highest BCUT2D eigenvalue weighted by molar-refractivity contribution is 7.13. The second-order valence-electron chi connectivity index (χ2n) is 4.50. The molecule has 0 N–H and O–H groups in total. The zero-order valence-electron chi connectivity index (χ0n) is 10.6. The van der Waals surface area contributed by atoms with Gasteiger partial charge >= 0.3 is 0 Å². The Hall–Kier alpha value is -0.940. The molecule has 1 saturated heterocycles. The molecule has 1 aliphatic heterocycles. The number of nitrogens with zero attached hydrogens (tertiary/aromatic N) is 3. The van der Waals surface area contributed by atoms with Gasteiger partial charge in [0, 0.05) is 38.0 Å². The van der Waals surface area contributed by atoms with E-state index in [9.17, 15) is 4.79 Å². The second-order valence-corrected chi connectivity index (χ2v) is 5.33. The van der Waals surface area contributed by atoms with Gasteiger partial charge in [-0.3, -0.25) is 9.69 Å². The molecule has 0 aromatic carbocycles. The smallest absolute Gasteiger partial charge is 0.186 e. The molecular weight excluding hydrogens is 234 g/mol. The van der Waals surface area contributed by atoms with Crippen molar-refractivity contribution in [2.24, 2.45) is 0 Å². The maximum atomic E-state index is 11.2. The van der Waals surface area contributed by atoms with Gasteiger partial charge in [-0.25, -0.2) is 4.98 Å². The maximum Gasteiger partial charge on any atom is 0.186 e. The SMILES string of the molecule is CCN1CCN(c2nc(C(C)=O)cs2)CC1C. The van der Waals surface area contributed by atoms with E-state index in [1.165, 1.54) is 0 Å². The van der Waals surface area contributed by atoms with Crippen LogP contribution in [0.4, 0.5) is 5.13 Å². The van der Waals surface area contributed by atoms with Gasteiger partial charge in [0.05, 0.1) is 0 Å². The van der Waals surface area contributed by atoms with Gasteiger partial charge in [0.15, 0.2) is 10.9 Å². The van der Waals surface area contributed by atoms with Crippen LogP contribution in [0.5, 0.6) is 0 Å². The van der Waals surface area contributed by atoms with Crippen molar-refractivity contribution < 1.29 is 4.79 Å². The molecule has 0 spiro atoms. The quantitative estimate of drug-likeness (QED) is 0.771. The van der Waals surface area contributed by atoms with Crippen LogP contribution in [0.3, 0.4) is 0 Å². The Balaban J connectivity index is 2.06. The van der Waals surface area contributed by atoms with Crippen molar-refractivity contribution in [2.45, 2.75) is 26.8 Å². The standard InChI is InChI=1S/C12H19N3OS/c1-4-14-5-6-15(7-9(14)2)12-13-11(8-17-12)10(3)16/h8-9H,4-7H2,1-3H3. The number of rotatable bonds is 3. The Labute approximate surface area is 106 Å². The number of Topliss-reactive ketones (excluding diaryl/α,β-unsaturated/α-hetero) is 1. The summed E-state index contributed by atoms with van der Waals surface area (Å²) in [5.41, 5.74) is 0.593. The van der Waals surface area contributed by atoms with Crippen LogP contribution < -0.4 is 4.90 Å². The first-order chi connectivity index (χ1) is 8.11. The molecule has 0 amide bonds. The van der Waals surface area contributed by atoms with E-state index in [2.05, 4.69) is 28.6 Å². The molecule has 2 rings (SSSR count). The fraction of sp³-hybridized carbons (Fsp3) is 0.667. The Morgan fingerprint density at radius 3 is 2.88 bits per heavy atom. The number of thiazole rings is 1. The normalized spacial score (nSPS) is 21.8. The van der Waals surface area contributed by atoms with E-state index in [-0.39, 0.29) is 5.78 Å². The van der Waals surface area contributed by atoms with Crippen LogP contribution in [-0.4, -0.2) is 47.9 Å². The van der Waals surface area contributed by atoms with Crippen molar-refractivity contribution >= 4 is 22.3 Å². The highest BCUT2D eigenvalue weighted by Gasteiger charge is 2.24. The Morgan fingerprint density at radius 1 is 1.59 bits per heavy atom. The van der Waals surface area contributed by atoms with Crippen molar-refractivity contribution in [1.29, 1.82) is 0 Å². The first-order valence-corrected chi connectivity index (χ1v) is 6.95. The summed E-state index contributed by atoms with van der Waals surface area (Å²) in [5, 5.41) is 2.84. The monoisotopic (exact) mass is 253 g/mol. The summed E-state index contributed by atoms with van der Waals surface area (Å²) in [4.78, 5) is 20.4. The predicted octanol–water partition coefficient (Wildman–Crippen LogP) is 1.88. The number of piperazine rings is 1. The van der Waals surface area contributed by atoms with Crippen LogP contribution in [-0.2, 0) is 0 Å². The van der Waals surface area contributed by atoms with Crippen LogP contribution >= 0.6 is 11.3 Å². The van der Waals surface area contributed by atoms with Crippen LogP contribution in [0.25, 0.3) is 0 Å². The number of likely N-dealkylation sites (N-methyl/N-ethyl adjacent to an activating group) is 1. The van der Waals surface area contributed by atoms with Crippen molar-refractivity contribution in [1.82, 2.24) is 9.88 Å². The van der Waals surface area contributed by atoms with Crippen molar-refractivity contribution in [3.8, 4) is 0 Å². The van der Waals surface area contributed by atoms with Gasteiger partial charge in [0.2, 0.25) is 0 Å². The lowest BCUT2D eigenvalue weighted by Crippen LogP contribution is -2.51. The lowest BCUT2D eigenvalue weighted by Gasteiger charge is -2.39. The van der Waals surface area contributed by atoms with Crippen molar-refractivity contribution in [2.75, 3.05) is 31.1 Å². The van der Waals surface area contributed by atoms with Crippen molar-refractivity contribution in [3.63, 3.8) is 0 Å². The molecule has 0 aliphatic carbocycles. The molecular formula is C12H19N3OS. The lowest BCUT2D eigenvalue weighted by molar-refractivity contribution is 0.101.